The fourth-order valence-corrected chi connectivity index (χ4v) is 2.19. The van der Waals surface area contributed by atoms with Crippen LogP contribution in [0.4, 0.5) is 0 Å². The molecule has 1 N–H and O–H groups in total. The van der Waals surface area contributed by atoms with Crippen molar-refractivity contribution in [3.63, 3.8) is 0 Å². The van der Waals surface area contributed by atoms with E-state index in [-0.39, 0.29) is 24.7 Å². The molecule has 1 aromatic rings. The molecule has 1 aromatic carbocycles. The zero-order valence-corrected chi connectivity index (χ0v) is 15.4. The molecule has 25 heavy (non-hydrogen) atoms. The zero-order valence-electron chi connectivity index (χ0n) is 13.9. The molecule has 6 nitrogen and oxygen atoms in total. The van der Waals surface area contributed by atoms with Crippen LogP contribution in [0.15, 0.2) is 29.8 Å². The lowest BCUT2D eigenvalue weighted by Gasteiger charge is -2.19. The van der Waals surface area contributed by atoms with Crippen LogP contribution < -0.4 is 5.32 Å². The van der Waals surface area contributed by atoms with Crippen LogP contribution in [0.1, 0.15) is 19.4 Å². The van der Waals surface area contributed by atoms with Gasteiger partial charge in [0.2, 0.25) is 5.91 Å². The molecular formula is C17H19Cl2NO5. The number of amides is 1. The normalized spacial score (nSPS) is 12.2. The van der Waals surface area contributed by atoms with Gasteiger partial charge < -0.3 is 14.8 Å². The van der Waals surface area contributed by atoms with E-state index in [1.807, 2.05) is 0 Å². The molecule has 0 aliphatic rings. The number of hydrogen-bond donors (Lipinski definition) is 1. The number of alkyl halides is 1. The third-order valence-electron chi connectivity index (χ3n) is 2.99. The number of hydrogen-bond acceptors (Lipinski definition) is 5. The lowest BCUT2D eigenvalue weighted by Crippen LogP contribution is -2.45. The second-order valence-corrected chi connectivity index (χ2v) is 5.40. The van der Waals surface area contributed by atoms with E-state index in [1.165, 1.54) is 6.08 Å². The van der Waals surface area contributed by atoms with Crippen molar-refractivity contribution in [2.75, 3.05) is 19.1 Å². The molecule has 0 saturated carbocycles. The first kappa shape index (κ1) is 21.0. The van der Waals surface area contributed by atoms with Gasteiger partial charge >= 0.3 is 11.9 Å². The van der Waals surface area contributed by atoms with E-state index in [9.17, 15) is 14.4 Å². The van der Waals surface area contributed by atoms with E-state index >= 15 is 0 Å². The maximum atomic E-state index is 12.4. The maximum Gasteiger partial charge on any atom is 0.336 e. The zero-order chi connectivity index (χ0) is 18.8. The molecule has 0 aliphatic carbocycles. The van der Waals surface area contributed by atoms with Crippen molar-refractivity contribution < 1.29 is 23.9 Å². The highest BCUT2D eigenvalue weighted by Gasteiger charge is 2.31. The lowest BCUT2D eigenvalue weighted by molar-refractivity contribution is -0.148. The molecule has 1 rings (SSSR count). The van der Waals surface area contributed by atoms with Gasteiger partial charge in [-0.25, -0.2) is 9.59 Å². The Hall–Kier alpha value is -2.05. The third kappa shape index (κ3) is 6.40. The standard InChI is InChI=1S/C17H19Cl2NO5/c1-3-24-16(22)12(9-11-7-5-6-8-13(11)19)15(17(23)25-4-2)20-14(21)10-18/h5-9,15H,3-4,10H2,1-2H3,(H,20,21)/b12-9+. The van der Waals surface area contributed by atoms with Crippen molar-refractivity contribution in [3.8, 4) is 0 Å². The second-order valence-electron chi connectivity index (χ2n) is 4.73. The van der Waals surface area contributed by atoms with Gasteiger partial charge in [-0.15, -0.1) is 11.6 Å². The molecule has 0 saturated heterocycles. The molecule has 8 heteroatoms. The summed E-state index contributed by atoms with van der Waals surface area (Å²) >= 11 is 11.6. The Bertz CT molecular complexity index is 660. The first-order chi connectivity index (χ1) is 11.9. The molecule has 0 aromatic heterocycles. The van der Waals surface area contributed by atoms with Crippen LogP contribution in [0.25, 0.3) is 6.08 Å². The van der Waals surface area contributed by atoms with E-state index in [2.05, 4.69) is 5.32 Å². The number of esters is 2. The summed E-state index contributed by atoms with van der Waals surface area (Å²) in [6, 6.07) is 5.38. The fraction of sp³-hybridized carbons (Fsp3) is 0.353. The minimum Gasteiger partial charge on any atom is -0.464 e. The Kier molecular flexibility index (Phi) is 9.02. The predicted molar refractivity (Wildman–Crippen MR) is 95.3 cm³/mol. The number of benzene rings is 1. The first-order valence-corrected chi connectivity index (χ1v) is 8.51. The highest BCUT2D eigenvalue weighted by molar-refractivity contribution is 6.32. The smallest absolute Gasteiger partial charge is 0.336 e. The van der Waals surface area contributed by atoms with E-state index < -0.39 is 23.9 Å². The van der Waals surface area contributed by atoms with Gasteiger partial charge in [-0.05, 0) is 31.6 Å². The number of nitrogens with one attached hydrogen (secondary N) is 1. The van der Waals surface area contributed by atoms with Crippen molar-refractivity contribution in [1.82, 2.24) is 5.32 Å². The summed E-state index contributed by atoms with van der Waals surface area (Å²) in [6.45, 7) is 3.41. The topological polar surface area (TPSA) is 81.7 Å². The quantitative estimate of drug-likeness (QED) is 0.421. The molecule has 136 valence electrons. The number of carbonyl (C=O) groups excluding carboxylic acids is 3. The van der Waals surface area contributed by atoms with Crippen LogP contribution in [0.2, 0.25) is 5.02 Å². The second kappa shape index (κ2) is 10.7. The molecule has 1 amide bonds. The van der Waals surface area contributed by atoms with Gasteiger partial charge in [0.05, 0.1) is 18.8 Å². The molecule has 0 aliphatic heterocycles. The Morgan fingerprint density at radius 3 is 2.36 bits per heavy atom. The summed E-state index contributed by atoms with van der Waals surface area (Å²) in [4.78, 5) is 36.3. The maximum absolute atomic E-state index is 12.4. The van der Waals surface area contributed by atoms with E-state index in [4.69, 9.17) is 32.7 Å². The average molecular weight is 388 g/mol. The van der Waals surface area contributed by atoms with Gasteiger partial charge in [0.15, 0.2) is 6.04 Å². The molecule has 0 bridgehead atoms. The van der Waals surface area contributed by atoms with Gasteiger partial charge in [-0.3, -0.25) is 4.79 Å². The van der Waals surface area contributed by atoms with Gasteiger partial charge in [0.25, 0.3) is 0 Å². The van der Waals surface area contributed by atoms with Crippen molar-refractivity contribution >= 4 is 47.1 Å². The van der Waals surface area contributed by atoms with Crippen LogP contribution in [0, 0.1) is 0 Å². The van der Waals surface area contributed by atoms with Crippen LogP contribution >= 0.6 is 23.2 Å². The highest BCUT2D eigenvalue weighted by Crippen LogP contribution is 2.21. The Labute approximate surface area is 156 Å². The molecule has 1 atom stereocenters. The van der Waals surface area contributed by atoms with Crippen molar-refractivity contribution in [2.24, 2.45) is 0 Å². The van der Waals surface area contributed by atoms with Gasteiger partial charge in [-0.1, -0.05) is 29.8 Å². The fourth-order valence-electron chi connectivity index (χ4n) is 1.92. The van der Waals surface area contributed by atoms with E-state index in [1.54, 1.807) is 38.1 Å². The van der Waals surface area contributed by atoms with Gasteiger partial charge in [-0.2, -0.15) is 0 Å². The van der Waals surface area contributed by atoms with Crippen molar-refractivity contribution in [2.45, 2.75) is 19.9 Å². The SMILES string of the molecule is CCOC(=O)/C(=C/c1ccccc1Cl)C(NC(=O)CCl)C(=O)OCC. The summed E-state index contributed by atoms with van der Waals surface area (Å²) < 4.78 is 9.95. The molecule has 0 heterocycles. The minimum absolute atomic E-state index is 0.0777. The summed E-state index contributed by atoms with van der Waals surface area (Å²) in [5, 5.41) is 2.74. The molecule has 0 radical (unpaired) electrons. The largest absolute Gasteiger partial charge is 0.464 e. The molecule has 0 fully saturated rings. The molecular weight excluding hydrogens is 369 g/mol. The Balaban J connectivity index is 3.37. The number of carbonyl (C=O) groups is 3. The number of halogens is 2. The van der Waals surface area contributed by atoms with E-state index in [0.29, 0.717) is 10.6 Å². The van der Waals surface area contributed by atoms with Gasteiger partial charge in [0.1, 0.15) is 5.88 Å². The van der Waals surface area contributed by atoms with Crippen LogP contribution in [0.5, 0.6) is 0 Å². The first-order valence-electron chi connectivity index (χ1n) is 7.59. The van der Waals surface area contributed by atoms with Crippen LogP contribution in [0.3, 0.4) is 0 Å². The summed E-state index contributed by atoms with van der Waals surface area (Å²) in [5.74, 6) is -2.57. The van der Waals surface area contributed by atoms with Gasteiger partial charge in [0, 0.05) is 5.02 Å². The van der Waals surface area contributed by atoms with E-state index in [0.717, 1.165) is 0 Å². The van der Waals surface area contributed by atoms with Crippen molar-refractivity contribution in [3.05, 3.63) is 40.4 Å². The Morgan fingerprint density at radius 1 is 1.16 bits per heavy atom. The Morgan fingerprint density at radius 2 is 1.80 bits per heavy atom. The number of ether oxygens (including phenoxy) is 2. The monoisotopic (exact) mass is 387 g/mol. The highest BCUT2D eigenvalue weighted by atomic mass is 35.5. The van der Waals surface area contributed by atoms with Crippen LogP contribution in [-0.2, 0) is 23.9 Å². The van der Waals surface area contributed by atoms with Crippen LogP contribution in [-0.4, -0.2) is 43.0 Å². The lowest BCUT2D eigenvalue weighted by atomic mass is 10.0. The minimum atomic E-state index is -1.36. The van der Waals surface area contributed by atoms with Crippen molar-refractivity contribution in [1.29, 1.82) is 0 Å². The third-order valence-corrected chi connectivity index (χ3v) is 3.57. The average Bonchev–Trinajstić information content (AvgIpc) is 2.59. The summed E-state index contributed by atoms with van der Waals surface area (Å²) in [6.07, 6.45) is 1.39. The number of rotatable bonds is 8. The summed E-state index contributed by atoms with van der Waals surface area (Å²) in [5.41, 5.74) is 0.383. The summed E-state index contributed by atoms with van der Waals surface area (Å²) in [7, 11) is 0. The molecule has 1 unspecified atom stereocenters. The molecule has 0 spiro atoms. The predicted octanol–water partition coefficient (Wildman–Crippen LogP) is 2.57.